The molecule has 1 aliphatic carbocycles. The first-order valence-electron chi connectivity index (χ1n) is 8.21. The molecule has 1 saturated heterocycles. The van der Waals surface area contributed by atoms with Crippen molar-refractivity contribution in [3.8, 4) is 0 Å². The van der Waals surface area contributed by atoms with Gasteiger partial charge in [0.05, 0.1) is 0 Å². The number of carbonyl (C=O) groups excluding carboxylic acids is 1. The molecule has 5 atom stereocenters. The maximum Gasteiger partial charge on any atom is 0.226 e. The molecule has 1 amide bonds. The Bertz CT molecular complexity index is 328. The number of hydrogen-bond donors (Lipinski definition) is 2. The molecule has 2 rings (SSSR count). The highest BCUT2D eigenvalue weighted by Gasteiger charge is 2.39. The molecule has 1 saturated carbocycles. The van der Waals surface area contributed by atoms with Crippen LogP contribution in [0.1, 0.15) is 52.4 Å². The van der Waals surface area contributed by atoms with E-state index in [0.29, 0.717) is 11.8 Å². The van der Waals surface area contributed by atoms with Crippen molar-refractivity contribution < 1.29 is 9.90 Å². The van der Waals surface area contributed by atoms with Gasteiger partial charge in [0.1, 0.15) is 0 Å². The van der Waals surface area contributed by atoms with Crippen molar-refractivity contribution in [3.05, 3.63) is 0 Å². The molecule has 1 heterocycles. The van der Waals surface area contributed by atoms with Crippen molar-refractivity contribution in [2.45, 2.75) is 64.5 Å². The van der Waals surface area contributed by atoms with Crippen LogP contribution in [0, 0.1) is 17.8 Å². The quantitative estimate of drug-likeness (QED) is 0.829. The van der Waals surface area contributed by atoms with Crippen LogP contribution in [0.3, 0.4) is 0 Å². The van der Waals surface area contributed by atoms with Gasteiger partial charge in [0.25, 0.3) is 0 Å². The minimum Gasteiger partial charge on any atom is -0.396 e. The fourth-order valence-electron chi connectivity index (χ4n) is 3.98. The number of piperidine rings is 1. The molecule has 4 heteroatoms. The van der Waals surface area contributed by atoms with Gasteiger partial charge in [-0.2, -0.15) is 0 Å². The number of hydrogen-bond acceptors (Lipinski definition) is 3. The summed E-state index contributed by atoms with van der Waals surface area (Å²) in [6.07, 6.45) is 5.90. The second-order valence-electron chi connectivity index (χ2n) is 6.89. The summed E-state index contributed by atoms with van der Waals surface area (Å²) in [6, 6.07) is 0.394. The van der Waals surface area contributed by atoms with Gasteiger partial charge in [-0.3, -0.25) is 4.79 Å². The number of aliphatic hydroxyl groups is 1. The van der Waals surface area contributed by atoms with Crippen LogP contribution in [0.25, 0.3) is 0 Å². The lowest BCUT2D eigenvalue weighted by Gasteiger charge is -2.42. The molecular formula is C16H30N2O2. The minimum absolute atomic E-state index is 0.0838. The Morgan fingerprint density at radius 3 is 2.70 bits per heavy atom. The van der Waals surface area contributed by atoms with Crippen molar-refractivity contribution in [1.82, 2.24) is 4.90 Å². The van der Waals surface area contributed by atoms with Gasteiger partial charge in [0.15, 0.2) is 0 Å². The van der Waals surface area contributed by atoms with E-state index in [4.69, 9.17) is 5.73 Å². The fraction of sp³-hybridized carbons (Fsp3) is 0.938. The molecule has 4 nitrogen and oxygen atoms in total. The normalized spacial score (nSPS) is 38.8. The average molecular weight is 282 g/mol. The molecule has 0 aromatic carbocycles. The Morgan fingerprint density at radius 2 is 2.00 bits per heavy atom. The number of nitrogens with zero attached hydrogens (tertiary/aromatic N) is 1. The molecule has 2 fully saturated rings. The van der Waals surface area contributed by atoms with Crippen LogP contribution in [0.5, 0.6) is 0 Å². The number of nitrogens with two attached hydrogens (primary N) is 1. The summed E-state index contributed by atoms with van der Waals surface area (Å²) in [4.78, 5) is 14.9. The molecule has 3 N–H and O–H groups in total. The summed E-state index contributed by atoms with van der Waals surface area (Å²) in [6.45, 7) is 5.41. The van der Waals surface area contributed by atoms with Crippen molar-refractivity contribution in [2.75, 3.05) is 13.2 Å². The number of amides is 1. The number of aliphatic hydroxyl groups excluding tert-OH is 1. The van der Waals surface area contributed by atoms with E-state index in [1.54, 1.807) is 0 Å². The molecule has 1 aliphatic heterocycles. The predicted octanol–water partition coefficient (Wildman–Crippen LogP) is 1.76. The highest BCUT2D eigenvalue weighted by molar-refractivity contribution is 5.79. The Kier molecular flexibility index (Phi) is 5.44. The van der Waals surface area contributed by atoms with Crippen LogP contribution < -0.4 is 5.73 Å². The zero-order valence-electron chi connectivity index (χ0n) is 12.9. The summed E-state index contributed by atoms with van der Waals surface area (Å²) in [7, 11) is 0. The number of rotatable bonds is 3. The molecular weight excluding hydrogens is 252 g/mol. The van der Waals surface area contributed by atoms with Gasteiger partial charge >= 0.3 is 0 Å². The van der Waals surface area contributed by atoms with Crippen molar-refractivity contribution >= 4 is 5.91 Å². The molecule has 0 aromatic rings. The summed E-state index contributed by atoms with van der Waals surface area (Å²) in [5.74, 6) is 1.32. The zero-order valence-corrected chi connectivity index (χ0v) is 12.9. The Labute approximate surface area is 122 Å². The smallest absolute Gasteiger partial charge is 0.226 e. The van der Waals surface area contributed by atoms with E-state index in [1.165, 1.54) is 6.42 Å². The van der Waals surface area contributed by atoms with E-state index in [0.717, 1.165) is 38.6 Å². The van der Waals surface area contributed by atoms with Crippen molar-refractivity contribution in [1.29, 1.82) is 0 Å². The SMILES string of the molecule is CC1CC(C)C(C(=O)N2CCCCC2CCO)CC1N. The summed E-state index contributed by atoms with van der Waals surface area (Å²) in [5, 5.41) is 9.20. The van der Waals surface area contributed by atoms with E-state index >= 15 is 0 Å². The first-order valence-corrected chi connectivity index (χ1v) is 8.21. The molecule has 20 heavy (non-hydrogen) atoms. The van der Waals surface area contributed by atoms with E-state index in [2.05, 4.69) is 13.8 Å². The molecule has 2 aliphatic rings. The van der Waals surface area contributed by atoms with E-state index in [1.807, 2.05) is 4.90 Å². The Hall–Kier alpha value is -0.610. The summed E-state index contributed by atoms with van der Waals surface area (Å²) >= 11 is 0. The van der Waals surface area contributed by atoms with Crippen LogP contribution in [0.2, 0.25) is 0 Å². The summed E-state index contributed by atoms with van der Waals surface area (Å²) in [5.41, 5.74) is 6.18. The molecule has 0 radical (unpaired) electrons. The third-order valence-electron chi connectivity index (χ3n) is 5.38. The van der Waals surface area contributed by atoms with E-state index in [9.17, 15) is 9.90 Å². The van der Waals surface area contributed by atoms with Gasteiger partial charge in [0, 0.05) is 31.2 Å². The monoisotopic (exact) mass is 282 g/mol. The molecule has 116 valence electrons. The first-order chi connectivity index (χ1) is 9.54. The van der Waals surface area contributed by atoms with E-state index < -0.39 is 0 Å². The van der Waals surface area contributed by atoms with Crippen LogP contribution in [0.15, 0.2) is 0 Å². The molecule has 0 spiro atoms. The number of likely N-dealkylation sites (tertiary alicyclic amines) is 1. The van der Waals surface area contributed by atoms with Crippen LogP contribution >= 0.6 is 0 Å². The van der Waals surface area contributed by atoms with Gasteiger partial charge in [0.2, 0.25) is 5.91 Å². The summed E-state index contributed by atoms with van der Waals surface area (Å²) < 4.78 is 0. The molecule has 0 bridgehead atoms. The topological polar surface area (TPSA) is 66.6 Å². The lowest BCUT2D eigenvalue weighted by Crippen LogP contribution is -2.51. The van der Waals surface area contributed by atoms with Gasteiger partial charge in [-0.15, -0.1) is 0 Å². The van der Waals surface area contributed by atoms with Gasteiger partial charge in [-0.25, -0.2) is 0 Å². The number of carbonyl (C=O) groups is 1. The van der Waals surface area contributed by atoms with Crippen LogP contribution in [-0.2, 0) is 4.79 Å². The lowest BCUT2D eigenvalue weighted by molar-refractivity contribution is -0.143. The standard InChI is InChI=1S/C16H30N2O2/c1-11-9-12(2)15(17)10-14(11)16(20)18-7-4-3-5-13(18)6-8-19/h11-15,19H,3-10,17H2,1-2H3. The minimum atomic E-state index is 0.0838. The van der Waals surface area contributed by atoms with Gasteiger partial charge in [-0.1, -0.05) is 13.8 Å². The average Bonchev–Trinajstić information content (AvgIpc) is 2.43. The van der Waals surface area contributed by atoms with Crippen LogP contribution in [0.4, 0.5) is 0 Å². The Balaban J connectivity index is 2.04. The zero-order chi connectivity index (χ0) is 14.7. The van der Waals surface area contributed by atoms with Crippen LogP contribution in [-0.4, -0.2) is 41.1 Å². The molecule has 0 aromatic heterocycles. The third kappa shape index (κ3) is 3.34. The van der Waals surface area contributed by atoms with Crippen molar-refractivity contribution in [2.24, 2.45) is 23.5 Å². The second kappa shape index (κ2) is 6.90. The highest BCUT2D eigenvalue weighted by atomic mass is 16.3. The maximum atomic E-state index is 12.9. The first kappa shape index (κ1) is 15.8. The fourth-order valence-corrected chi connectivity index (χ4v) is 3.98. The largest absolute Gasteiger partial charge is 0.396 e. The maximum absolute atomic E-state index is 12.9. The Morgan fingerprint density at radius 1 is 1.25 bits per heavy atom. The third-order valence-corrected chi connectivity index (χ3v) is 5.38. The second-order valence-corrected chi connectivity index (χ2v) is 6.89. The lowest BCUT2D eigenvalue weighted by atomic mass is 9.72. The van der Waals surface area contributed by atoms with Crippen molar-refractivity contribution in [3.63, 3.8) is 0 Å². The van der Waals surface area contributed by atoms with Gasteiger partial charge in [-0.05, 0) is 50.4 Å². The van der Waals surface area contributed by atoms with Gasteiger partial charge < -0.3 is 15.7 Å². The van der Waals surface area contributed by atoms with E-state index in [-0.39, 0.29) is 30.5 Å². The molecule has 5 unspecified atom stereocenters. The predicted molar refractivity (Wildman–Crippen MR) is 80.1 cm³/mol. The highest BCUT2D eigenvalue weighted by Crippen LogP contribution is 2.35.